The number of carbonyl (C=O) groups is 1. The number of anilines is 2. The number of amides is 1. The number of aryl methyl sites for hydroxylation is 2. The minimum atomic E-state index is -0.381. The number of ether oxygens (including phenoxy) is 2. The summed E-state index contributed by atoms with van der Waals surface area (Å²) >= 11 is 0. The Morgan fingerprint density at radius 2 is 1.71 bits per heavy atom. The van der Waals surface area contributed by atoms with Crippen LogP contribution in [0.5, 0.6) is 5.75 Å². The van der Waals surface area contributed by atoms with Crippen molar-refractivity contribution in [2.24, 2.45) is 0 Å². The Morgan fingerprint density at radius 1 is 1.04 bits per heavy atom. The molecule has 0 saturated heterocycles. The molecule has 0 fully saturated rings. The van der Waals surface area contributed by atoms with Crippen LogP contribution < -0.4 is 14.5 Å². The van der Waals surface area contributed by atoms with Crippen molar-refractivity contribution >= 4 is 17.5 Å². The van der Waals surface area contributed by atoms with Crippen molar-refractivity contribution in [3.05, 3.63) is 53.1 Å². The monoisotopic (exact) mass is 384 g/mol. The highest BCUT2D eigenvalue weighted by Gasteiger charge is 2.20. The van der Waals surface area contributed by atoms with E-state index in [4.69, 9.17) is 9.47 Å². The molecule has 5 heteroatoms. The first-order valence-electron chi connectivity index (χ1n) is 9.76. The highest BCUT2D eigenvalue weighted by molar-refractivity contribution is 5.88. The summed E-state index contributed by atoms with van der Waals surface area (Å²) in [5.74, 6) is 0.750. The van der Waals surface area contributed by atoms with E-state index in [1.165, 1.54) is 0 Å². The summed E-state index contributed by atoms with van der Waals surface area (Å²) < 4.78 is 11.0. The lowest BCUT2D eigenvalue weighted by Crippen LogP contribution is -2.29. The lowest BCUT2D eigenvalue weighted by Gasteiger charge is -2.25. The van der Waals surface area contributed by atoms with Crippen LogP contribution in [0.2, 0.25) is 0 Å². The van der Waals surface area contributed by atoms with Crippen molar-refractivity contribution in [3.63, 3.8) is 0 Å². The molecule has 0 spiro atoms. The molecule has 0 bridgehead atoms. The first-order chi connectivity index (χ1) is 13.3. The van der Waals surface area contributed by atoms with Crippen molar-refractivity contribution < 1.29 is 14.3 Å². The van der Waals surface area contributed by atoms with Gasteiger partial charge in [-0.15, -0.1) is 0 Å². The molecule has 152 valence electrons. The van der Waals surface area contributed by atoms with Gasteiger partial charge in [-0.05, 0) is 81.6 Å². The first kappa shape index (κ1) is 21.6. The van der Waals surface area contributed by atoms with E-state index in [9.17, 15) is 4.79 Å². The van der Waals surface area contributed by atoms with Crippen molar-refractivity contribution in [2.75, 3.05) is 37.0 Å². The molecule has 1 unspecified atom stereocenters. The van der Waals surface area contributed by atoms with E-state index in [1.807, 2.05) is 45.0 Å². The molecule has 0 aliphatic heterocycles. The number of benzene rings is 2. The van der Waals surface area contributed by atoms with Gasteiger partial charge in [0.2, 0.25) is 0 Å². The minimum absolute atomic E-state index is 0.375. The van der Waals surface area contributed by atoms with Gasteiger partial charge in [0.05, 0.1) is 7.11 Å². The Hall–Kier alpha value is -2.69. The van der Waals surface area contributed by atoms with Crippen molar-refractivity contribution in [1.29, 1.82) is 0 Å². The molecule has 1 amide bonds. The fourth-order valence-electron chi connectivity index (χ4n) is 3.38. The zero-order valence-electron chi connectivity index (χ0n) is 18.1. The van der Waals surface area contributed by atoms with Crippen molar-refractivity contribution in [3.8, 4) is 5.75 Å². The van der Waals surface area contributed by atoms with Crippen LogP contribution in [0.4, 0.5) is 16.2 Å². The molecule has 0 radical (unpaired) electrons. The highest BCUT2D eigenvalue weighted by Crippen LogP contribution is 2.29. The van der Waals surface area contributed by atoms with E-state index < -0.39 is 0 Å². The summed E-state index contributed by atoms with van der Waals surface area (Å²) in [4.78, 5) is 16.6. The Bertz CT molecular complexity index is 815. The molecule has 0 aromatic heterocycles. The van der Waals surface area contributed by atoms with E-state index in [2.05, 4.69) is 30.9 Å². The minimum Gasteiger partial charge on any atom is -0.497 e. The maximum atomic E-state index is 12.7. The van der Waals surface area contributed by atoms with Gasteiger partial charge in [-0.1, -0.05) is 6.07 Å². The van der Waals surface area contributed by atoms with Crippen LogP contribution in [0, 0.1) is 13.8 Å². The van der Waals surface area contributed by atoms with Gasteiger partial charge < -0.3 is 14.4 Å². The molecule has 1 atom stereocenters. The quantitative estimate of drug-likeness (QED) is 0.633. The number of carbonyl (C=O) groups excluding carboxylic acids is 1. The van der Waals surface area contributed by atoms with Crippen LogP contribution in [-0.2, 0) is 4.74 Å². The molecule has 0 N–H and O–H groups in total. The molecular formula is C23H32N2O3. The van der Waals surface area contributed by atoms with Crippen LogP contribution in [-0.4, -0.2) is 33.3 Å². The predicted octanol–water partition coefficient (Wildman–Crippen LogP) is 5.49. The van der Waals surface area contributed by atoms with Crippen LogP contribution in [0.3, 0.4) is 0 Å². The van der Waals surface area contributed by atoms with E-state index in [0.717, 1.165) is 46.9 Å². The van der Waals surface area contributed by atoms with Crippen LogP contribution in [0.15, 0.2) is 36.4 Å². The third-order valence-corrected chi connectivity index (χ3v) is 5.15. The van der Waals surface area contributed by atoms with Gasteiger partial charge in [0, 0.05) is 31.5 Å². The predicted molar refractivity (Wildman–Crippen MR) is 116 cm³/mol. The van der Waals surface area contributed by atoms with Gasteiger partial charge in [0.1, 0.15) is 11.9 Å². The van der Waals surface area contributed by atoms with Crippen molar-refractivity contribution in [2.45, 2.75) is 40.7 Å². The standard InChI is InChI=1S/C23H32N2O3/c1-8-25(9-2)19-11-13-22(17(4)14-19)24(6)23(26)28-18(5)21-15-20(27-7)12-10-16(21)3/h10-15,18H,8-9H2,1-7H3. The number of hydrogen-bond donors (Lipinski definition) is 0. The molecule has 0 aliphatic rings. The van der Waals surface area contributed by atoms with Crippen LogP contribution >= 0.6 is 0 Å². The Morgan fingerprint density at radius 3 is 2.29 bits per heavy atom. The van der Waals surface area contributed by atoms with Gasteiger partial charge in [-0.3, -0.25) is 4.90 Å². The average molecular weight is 385 g/mol. The Labute approximate surface area is 168 Å². The van der Waals surface area contributed by atoms with E-state index in [0.29, 0.717) is 0 Å². The first-order valence-corrected chi connectivity index (χ1v) is 9.76. The summed E-state index contributed by atoms with van der Waals surface area (Å²) in [6.45, 7) is 12.1. The molecule has 28 heavy (non-hydrogen) atoms. The molecule has 0 aliphatic carbocycles. The highest BCUT2D eigenvalue weighted by atomic mass is 16.6. The molecule has 2 rings (SSSR count). The van der Waals surface area contributed by atoms with Gasteiger partial charge in [0.15, 0.2) is 0 Å². The summed E-state index contributed by atoms with van der Waals surface area (Å²) in [5.41, 5.74) is 5.04. The number of rotatable bonds is 7. The van der Waals surface area contributed by atoms with E-state index in [-0.39, 0.29) is 12.2 Å². The lowest BCUT2D eigenvalue weighted by molar-refractivity contribution is 0.114. The van der Waals surface area contributed by atoms with Crippen LogP contribution in [0.25, 0.3) is 0 Å². The lowest BCUT2D eigenvalue weighted by atomic mass is 10.0. The third-order valence-electron chi connectivity index (χ3n) is 5.15. The van der Waals surface area contributed by atoms with Gasteiger partial charge in [-0.2, -0.15) is 0 Å². The van der Waals surface area contributed by atoms with Crippen LogP contribution in [0.1, 0.15) is 43.6 Å². The van der Waals surface area contributed by atoms with Gasteiger partial charge in [-0.25, -0.2) is 4.79 Å². The molecule has 0 heterocycles. The Kier molecular flexibility index (Phi) is 7.32. The fourth-order valence-corrected chi connectivity index (χ4v) is 3.38. The summed E-state index contributed by atoms with van der Waals surface area (Å²) in [6.07, 6.45) is -0.756. The second-order valence-corrected chi connectivity index (χ2v) is 6.95. The summed E-state index contributed by atoms with van der Waals surface area (Å²) in [5, 5.41) is 0. The SMILES string of the molecule is CCN(CC)c1ccc(N(C)C(=O)OC(C)c2cc(OC)ccc2C)c(C)c1. The molecule has 2 aromatic carbocycles. The topological polar surface area (TPSA) is 42.0 Å². The van der Waals surface area contributed by atoms with Crippen molar-refractivity contribution in [1.82, 2.24) is 0 Å². The fraction of sp³-hybridized carbons (Fsp3) is 0.435. The number of methoxy groups -OCH3 is 1. The molecular weight excluding hydrogens is 352 g/mol. The zero-order valence-corrected chi connectivity index (χ0v) is 18.1. The smallest absolute Gasteiger partial charge is 0.414 e. The third kappa shape index (κ3) is 4.77. The average Bonchev–Trinajstić information content (AvgIpc) is 2.68. The molecule has 2 aromatic rings. The van der Waals surface area contributed by atoms with E-state index in [1.54, 1.807) is 19.1 Å². The molecule has 5 nitrogen and oxygen atoms in total. The van der Waals surface area contributed by atoms with Gasteiger partial charge in [0.25, 0.3) is 0 Å². The number of nitrogens with zero attached hydrogens (tertiary/aromatic N) is 2. The normalized spacial score (nSPS) is 11.7. The summed E-state index contributed by atoms with van der Waals surface area (Å²) in [6, 6.07) is 11.9. The maximum Gasteiger partial charge on any atom is 0.414 e. The maximum absolute atomic E-state index is 12.7. The Balaban J connectivity index is 2.16. The second-order valence-electron chi connectivity index (χ2n) is 6.95. The summed E-state index contributed by atoms with van der Waals surface area (Å²) in [7, 11) is 3.37. The van der Waals surface area contributed by atoms with E-state index >= 15 is 0 Å². The molecule has 0 saturated carbocycles. The largest absolute Gasteiger partial charge is 0.497 e. The van der Waals surface area contributed by atoms with Gasteiger partial charge >= 0.3 is 6.09 Å². The zero-order chi connectivity index (χ0) is 20.8. The second kappa shape index (κ2) is 9.49. The number of hydrogen-bond acceptors (Lipinski definition) is 4.